The first-order valence-electron chi connectivity index (χ1n) is 6.94. The fraction of sp³-hybridized carbons (Fsp3) is 0.929. The maximum atomic E-state index is 12.1. The molecule has 3 N–H and O–H groups in total. The Hall–Kier alpha value is -0.610. The second-order valence-electron chi connectivity index (χ2n) is 6.44. The fourth-order valence-corrected chi connectivity index (χ4v) is 2.36. The monoisotopic (exact) mass is 256 g/mol. The second kappa shape index (κ2) is 5.57. The molecule has 106 valence electrons. The topological polar surface area (TPSA) is 64.4 Å². The normalized spacial score (nSPS) is 21.9. The number of hydrogen-bond donors (Lipinski definition) is 2. The van der Waals surface area contributed by atoms with Crippen LogP contribution in [0.4, 0.5) is 0 Å². The van der Waals surface area contributed by atoms with Crippen molar-refractivity contribution in [2.75, 3.05) is 0 Å². The van der Waals surface area contributed by atoms with Crippen molar-refractivity contribution in [3.8, 4) is 0 Å². The molecule has 0 aliphatic heterocycles. The Morgan fingerprint density at radius 1 is 1.44 bits per heavy atom. The van der Waals surface area contributed by atoms with E-state index in [2.05, 4.69) is 12.2 Å². The highest BCUT2D eigenvalue weighted by Gasteiger charge is 2.38. The quantitative estimate of drug-likeness (QED) is 0.790. The summed E-state index contributed by atoms with van der Waals surface area (Å²) in [5, 5.41) is 3.10. The van der Waals surface area contributed by atoms with E-state index in [-0.39, 0.29) is 23.2 Å². The summed E-state index contributed by atoms with van der Waals surface area (Å²) in [6.45, 7) is 9.86. The summed E-state index contributed by atoms with van der Waals surface area (Å²) in [7, 11) is 0. The molecule has 1 fully saturated rings. The Morgan fingerprint density at radius 3 is 2.33 bits per heavy atom. The first-order chi connectivity index (χ1) is 8.19. The highest BCUT2D eigenvalue weighted by atomic mass is 16.5. The largest absolute Gasteiger partial charge is 0.371 e. The molecule has 0 saturated heterocycles. The second-order valence-corrected chi connectivity index (χ2v) is 6.44. The zero-order valence-corrected chi connectivity index (χ0v) is 12.4. The molecule has 0 radical (unpaired) electrons. The average Bonchev–Trinajstić information content (AvgIpc) is 2.19. The van der Waals surface area contributed by atoms with Gasteiger partial charge in [-0.25, -0.2) is 0 Å². The Bertz CT molecular complexity index is 287. The predicted octanol–water partition coefficient (Wildman–Crippen LogP) is 1.97. The van der Waals surface area contributed by atoms with E-state index in [0.29, 0.717) is 0 Å². The van der Waals surface area contributed by atoms with Crippen LogP contribution in [0.2, 0.25) is 0 Å². The van der Waals surface area contributed by atoms with E-state index in [1.807, 2.05) is 27.7 Å². The van der Waals surface area contributed by atoms with Crippen LogP contribution in [0.25, 0.3) is 0 Å². The zero-order valence-electron chi connectivity index (χ0n) is 12.4. The van der Waals surface area contributed by atoms with Gasteiger partial charge < -0.3 is 15.8 Å². The third-order valence-corrected chi connectivity index (χ3v) is 3.72. The number of ether oxygens (including phenoxy) is 1. The Kier molecular flexibility index (Phi) is 4.78. The molecule has 4 heteroatoms. The average molecular weight is 256 g/mol. The van der Waals surface area contributed by atoms with Crippen LogP contribution in [-0.4, -0.2) is 29.2 Å². The molecule has 0 aromatic rings. The third kappa shape index (κ3) is 3.95. The number of amides is 1. The molecule has 1 aliphatic rings. The molecule has 0 unspecified atom stereocenters. The number of hydrogen-bond acceptors (Lipinski definition) is 3. The molecule has 1 rings (SSSR count). The van der Waals surface area contributed by atoms with Crippen LogP contribution < -0.4 is 11.1 Å². The predicted molar refractivity (Wildman–Crippen MR) is 73.3 cm³/mol. The van der Waals surface area contributed by atoms with Gasteiger partial charge in [-0.3, -0.25) is 4.79 Å². The van der Waals surface area contributed by atoms with Crippen molar-refractivity contribution in [1.29, 1.82) is 0 Å². The van der Waals surface area contributed by atoms with Crippen LogP contribution in [0.15, 0.2) is 0 Å². The molecule has 1 aliphatic carbocycles. The summed E-state index contributed by atoms with van der Waals surface area (Å²) in [5.74, 6) is -0.0895. The van der Waals surface area contributed by atoms with Gasteiger partial charge in [0.15, 0.2) is 0 Å². The Balaban J connectivity index is 2.50. The van der Waals surface area contributed by atoms with Crippen molar-refractivity contribution in [3.05, 3.63) is 0 Å². The van der Waals surface area contributed by atoms with Gasteiger partial charge in [0.2, 0.25) is 5.91 Å². The van der Waals surface area contributed by atoms with E-state index in [9.17, 15) is 4.79 Å². The number of carbonyl (C=O) groups excluding carboxylic acids is 1. The van der Waals surface area contributed by atoms with Crippen molar-refractivity contribution in [2.45, 2.75) is 83.6 Å². The van der Waals surface area contributed by atoms with Crippen LogP contribution in [0.1, 0.15) is 60.3 Å². The molecular weight excluding hydrogens is 228 g/mol. The maximum Gasteiger partial charge on any atom is 0.240 e. The fourth-order valence-electron chi connectivity index (χ4n) is 2.36. The number of nitrogens with two attached hydrogens (primary N) is 1. The van der Waals surface area contributed by atoms with Crippen LogP contribution in [-0.2, 0) is 9.53 Å². The number of carbonyl (C=O) groups is 1. The van der Waals surface area contributed by atoms with Gasteiger partial charge >= 0.3 is 0 Å². The van der Waals surface area contributed by atoms with Crippen LogP contribution >= 0.6 is 0 Å². The lowest BCUT2D eigenvalue weighted by Crippen LogP contribution is -2.59. The molecule has 0 aromatic carbocycles. The van der Waals surface area contributed by atoms with Gasteiger partial charge in [0.05, 0.1) is 11.7 Å². The van der Waals surface area contributed by atoms with E-state index < -0.39 is 6.04 Å². The number of nitrogens with one attached hydrogen (secondary N) is 1. The maximum absolute atomic E-state index is 12.1. The lowest BCUT2D eigenvalue weighted by Gasteiger charge is -2.43. The van der Waals surface area contributed by atoms with Gasteiger partial charge in [0.25, 0.3) is 0 Å². The van der Waals surface area contributed by atoms with Gasteiger partial charge in [-0.1, -0.05) is 6.92 Å². The van der Waals surface area contributed by atoms with Gasteiger partial charge in [0, 0.05) is 5.54 Å². The van der Waals surface area contributed by atoms with Crippen molar-refractivity contribution in [3.63, 3.8) is 0 Å². The first-order valence-corrected chi connectivity index (χ1v) is 6.94. The first kappa shape index (κ1) is 15.4. The molecule has 2 atom stereocenters. The molecule has 18 heavy (non-hydrogen) atoms. The summed E-state index contributed by atoms with van der Waals surface area (Å²) in [6, 6.07) is -0.603. The van der Waals surface area contributed by atoms with Gasteiger partial charge in [-0.2, -0.15) is 0 Å². The highest BCUT2D eigenvalue weighted by Crippen LogP contribution is 2.34. The van der Waals surface area contributed by atoms with Gasteiger partial charge in [0.1, 0.15) is 6.04 Å². The van der Waals surface area contributed by atoms with Crippen molar-refractivity contribution < 1.29 is 9.53 Å². The summed E-state index contributed by atoms with van der Waals surface area (Å²) >= 11 is 0. The summed E-state index contributed by atoms with van der Waals surface area (Å²) < 4.78 is 5.73. The van der Waals surface area contributed by atoms with Crippen LogP contribution in [0.5, 0.6) is 0 Å². The van der Waals surface area contributed by atoms with E-state index in [1.54, 1.807) is 0 Å². The highest BCUT2D eigenvalue weighted by molar-refractivity contribution is 5.83. The zero-order chi connectivity index (χ0) is 14.0. The van der Waals surface area contributed by atoms with Crippen molar-refractivity contribution >= 4 is 5.91 Å². The minimum absolute atomic E-state index is 0.00381. The Morgan fingerprint density at radius 2 is 2.00 bits per heavy atom. The molecule has 0 heterocycles. The smallest absolute Gasteiger partial charge is 0.240 e. The van der Waals surface area contributed by atoms with E-state index >= 15 is 0 Å². The van der Waals surface area contributed by atoms with Gasteiger partial charge in [-0.15, -0.1) is 0 Å². The van der Waals surface area contributed by atoms with E-state index in [4.69, 9.17) is 10.5 Å². The van der Waals surface area contributed by atoms with E-state index in [0.717, 1.165) is 19.3 Å². The molecule has 1 saturated carbocycles. The summed E-state index contributed by atoms with van der Waals surface area (Å²) in [5.41, 5.74) is 5.69. The molecule has 0 aromatic heterocycles. The lowest BCUT2D eigenvalue weighted by molar-refractivity contribution is -0.132. The molecule has 4 nitrogen and oxygen atoms in total. The van der Waals surface area contributed by atoms with Crippen molar-refractivity contribution in [2.24, 2.45) is 5.73 Å². The number of rotatable bonds is 5. The SMILES string of the molecule is CCC1(NC(=O)[C@@H](N)[C@@H](C)OC(C)(C)C)CCC1. The van der Waals surface area contributed by atoms with E-state index in [1.165, 1.54) is 6.42 Å². The molecular formula is C14H28N2O2. The van der Waals surface area contributed by atoms with Gasteiger partial charge in [-0.05, 0) is 53.4 Å². The van der Waals surface area contributed by atoms with Crippen molar-refractivity contribution in [1.82, 2.24) is 5.32 Å². The third-order valence-electron chi connectivity index (χ3n) is 3.72. The molecule has 1 amide bonds. The van der Waals surface area contributed by atoms with Crippen LogP contribution in [0.3, 0.4) is 0 Å². The summed E-state index contributed by atoms with van der Waals surface area (Å²) in [4.78, 5) is 12.1. The minimum atomic E-state index is -0.603. The Labute approximate surface area is 111 Å². The van der Waals surface area contributed by atoms with Crippen LogP contribution in [0, 0.1) is 0 Å². The molecule has 0 bridgehead atoms. The minimum Gasteiger partial charge on any atom is -0.371 e. The standard InChI is InChI=1S/C14H28N2O2/c1-6-14(8-7-9-14)16-12(17)11(15)10(2)18-13(3,4)5/h10-11H,6-9,15H2,1-5H3,(H,16,17)/t10-,11+/m1/s1. The molecule has 0 spiro atoms. The summed E-state index contributed by atoms with van der Waals surface area (Å²) in [6.07, 6.45) is 4.02. The lowest BCUT2D eigenvalue weighted by atomic mass is 9.74.